The summed E-state index contributed by atoms with van der Waals surface area (Å²) in [6.45, 7) is 4.04. The molecule has 0 unspecified atom stereocenters. The van der Waals surface area contributed by atoms with E-state index in [0.29, 0.717) is 25.9 Å². The second-order valence-corrected chi connectivity index (χ2v) is 10.9. The highest BCUT2D eigenvalue weighted by molar-refractivity contribution is 5.91. The van der Waals surface area contributed by atoms with Gasteiger partial charge in [-0.25, -0.2) is 9.59 Å². The number of rotatable bonds is 8. The number of halogens is 3. The minimum Gasteiger partial charge on any atom is -0.484 e. The zero-order chi connectivity index (χ0) is 29.8. The second-order valence-electron chi connectivity index (χ2n) is 10.9. The fourth-order valence-electron chi connectivity index (χ4n) is 4.75. The molecule has 222 valence electrons. The predicted octanol–water partition coefficient (Wildman–Crippen LogP) is 5.04. The number of esters is 1. The Balaban J connectivity index is 1.40. The molecule has 0 aromatic heterocycles. The van der Waals surface area contributed by atoms with Crippen LogP contribution in [-0.4, -0.2) is 67.0 Å². The normalized spacial score (nSPS) is 16.1. The zero-order valence-electron chi connectivity index (χ0n) is 23.2. The molecule has 12 heteroatoms. The lowest BCUT2D eigenvalue weighted by atomic mass is 10.00. The Morgan fingerprint density at radius 3 is 2.41 bits per heavy atom. The van der Waals surface area contributed by atoms with Gasteiger partial charge in [0.2, 0.25) is 5.91 Å². The Labute approximate surface area is 236 Å². The van der Waals surface area contributed by atoms with Gasteiger partial charge in [0.15, 0.2) is 13.2 Å². The van der Waals surface area contributed by atoms with Crippen LogP contribution in [0.15, 0.2) is 42.5 Å². The second kappa shape index (κ2) is 12.3. The van der Waals surface area contributed by atoms with Crippen LogP contribution in [0.3, 0.4) is 0 Å². The number of alkyl halides is 3. The summed E-state index contributed by atoms with van der Waals surface area (Å²) in [5, 5.41) is 0. The van der Waals surface area contributed by atoms with Crippen LogP contribution in [0.1, 0.15) is 44.7 Å². The molecule has 2 heterocycles. The third-order valence-corrected chi connectivity index (χ3v) is 6.53. The van der Waals surface area contributed by atoms with Crippen molar-refractivity contribution in [1.29, 1.82) is 0 Å². The molecule has 0 radical (unpaired) electrons. The van der Waals surface area contributed by atoms with Gasteiger partial charge >= 0.3 is 18.2 Å². The van der Waals surface area contributed by atoms with Crippen molar-refractivity contribution in [3.05, 3.63) is 53.6 Å². The molecule has 0 N–H and O–H groups in total. The lowest BCUT2D eigenvalue weighted by Crippen LogP contribution is -2.50. The van der Waals surface area contributed by atoms with E-state index in [1.807, 2.05) is 24.3 Å². The first kappa shape index (κ1) is 30.0. The number of ether oxygens (including phenoxy) is 4. The van der Waals surface area contributed by atoms with Crippen LogP contribution in [-0.2, 0) is 32.1 Å². The lowest BCUT2D eigenvalue weighted by Gasteiger charge is -2.40. The number of carbonyl (C=O) groups excluding carboxylic acids is 3. The van der Waals surface area contributed by atoms with Crippen molar-refractivity contribution in [3.63, 3.8) is 0 Å². The summed E-state index contributed by atoms with van der Waals surface area (Å²) in [7, 11) is 0. The summed E-state index contributed by atoms with van der Waals surface area (Å²) in [5.74, 6) is -0.998. The van der Waals surface area contributed by atoms with E-state index in [9.17, 15) is 27.6 Å². The van der Waals surface area contributed by atoms with Gasteiger partial charge in [-0.2, -0.15) is 13.2 Å². The van der Waals surface area contributed by atoms with Crippen LogP contribution in [0.5, 0.6) is 11.5 Å². The molecule has 2 aromatic rings. The van der Waals surface area contributed by atoms with Gasteiger partial charge in [0, 0.05) is 36.3 Å². The minimum atomic E-state index is -4.59. The highest BCUT2D eigenvalue weighted by atomic mass is 19.4. The number of benzene rings is 2. The van der Waals surface area contributed by atoms with Crippen molar-refractivity contribution in [2.45, 2.75) is 64.5 Å². The number of fused-ring (bicyclic) bond motifs is 1. The van der Waals surface area contributed by atoms with Crippen LogP contribution < -0.4 is 14.4 Å². The van der Waals surface area contributed by atoms with Gasteiger partial charge in [-0.05, 0) is 45.7 Å². The highest BCUT2D eigenvalue weighted by Crippen LogP contribution is 2.33. The van der Waals surface area contributed by atoms with Crippen LogP contribution >= 0.6 is 0 Å². The average Bonchev–Trinajstić information content (AvgIpc) is 2.90. The quantitative estimate of drug-likeness (QED) is 0.405. The smallest absolute Gasteiger partial charge is 0.422 e. The van der Waals surface area contributed by atoms with Gasteiger partial charge in [0.1, 0.15) is 23.7 Å². The third-order valence-electron chi connectivity index (χ3n) is 6.53. The molecule has 4 rings (SSSR count). The Morgan fingerprint density at radius 1 is 1.02 bits per heavy atom. The summed E-state index contributed by atoms with van der Waals surface area (Å²) in [6.07, 6.45) is -4.17. The summed E-state index contributed by atoms with van der Waals surface area (Å²) in [5.41, 5.74) is 1.24. The van der Waals surface area contributed by atoms with Gasteiger partial charge in [-0.1, -0.05) is 24.3 Å². The number of amides is 2. The fourth-order valence-corrected chi connectivity index (χ4v) is 4.75. The first-order valence-electron chi connectivity index (χ1n) is 13.3. The number of hydrogen-bond donors (Lipinski definition) is 0. The van der Waals surface area contributed by atoms with Crippen LogP contribution in [0.25, 0.3) is 0 Å². The van der Waals surface area contributed by atoms with E-state index in [1.54, 1.807) is 30.6 Å². The molecule has 0 spiro atoms. The van der Waals surface area contributed by atoms with Gasteiger partial charge in [-0.3, -0.25) is 9.69 Å². The van der Waals surface area contributed by atoms with Crippen molar-refractivity contribution >= 4 is 23.7 Å². The molecule has 2 amide bonds. The Hall–Kier alpha value is -3.96. The average molecular weight is 579 g/mol. The standard InChI is InChI=1S/C29H33F3N2O7/c1-28(2,3)41-26(36)17-38-22-9-8-19(24(15-22)40-18-29(30,31)32)14-25(35)33-12-10-21(11-13-33)34-23-7-5-4-6-20(23)16-39-27(34)37/h4-9,15,21H,10-14,16-18H2,1-3H3. The molecular weight excluding hydrogens is 545 g/mol. The summed E-state index contributed by atoms with van der Waals surface area (Å²) >= 11 is 0. The number of piperidine rings is 1. The molecule has 41 heavy (non-hydrogen) atoms. The molecule has 0 atom stereocenters. The molecule has 2 aliphatic heterocycles. The van der Waals surface area contributed by atoms with Crippen molar-refractivity contribution in [3.8, 4) is 11.5 Å². The van der Waals surface area contributed by atoms with Crippen molar-refractivity contribution in [2.24, 2.45) is 0 Å². The number of nitrogens with zero attached hydrogens (tertiary/aromatic N) is 2. The number of carbonyl (C=O) groups is 3. The number of para-hydroxylation sites is 1. The molecule has 1 saturated heterocycles. The van der Waals surface area contributed by atoms with Crippen LogP contribution in [0.2, 0.25) is 0 Å². The lowest BCUT2D eigenvalue weighted by molar-refractivity contribution is -0.157. The van der Waals surface area contributed by atoms with Crippen molar-refractivity contribution in [1.82, 2.24) is 4.90 Å². The molecule has 9 nitrogen and oxygen atoms in total. The van der Waals surface area contributed by atoms with Gasteiger partial charge < -0.3 is 23.8 Å². The third kappa shape index (κ3) is 8.27. The Kier molecular flexibility index (Phi) is 8.98. The maximum Gasteiger partial charge on any atom is 0.422 e. The van der Waals surface area contributed by atoms with E-state index in [4.69, 9.17) is 18.9 Å². The topological polar surface area (TPSA) is 94.6 Å². The van der Waals surface area contributed by atoms with Gasteiger partial charge in [0.25, 0.3) is 0 Å². The van der Waals surface area contributed by atoms with E-state index >= 15 is 0 Å². The maximum atomic E-state index is 13.1. The van der Waals surface area contributed by atoms with Crippen LogP contribution in [0, 0.1) is 0 Å². The monoisotopic (exact) mass is 578 g/mol. The van der Waals surface area contributed by atoms with E-state index in [-0.39, 0.29) is 42.0 Å². The molecule has 2 aromatic carbocycles. The first-order valence-corrected chi connectivity index (χ1v) is 13.3. The van der Waals surface area contributed by atoms with E-state index < -0.39 is 37.1 Å². The molecule has 2 aliphatic rings. The summed E-state index contributed by atoms with van der Waals surface area (Å²) < 4.78 is 59.7. The summed E-state index contributed by atoms with van der Waals surface area (Å²) in [6, 6.07) is 11.5. The Morgan fingerprint density at radius 2 is 1.73 bits per heavy atom. The van der Waals surface area contributed by atoms with Crippen molar-refractivity contribution < 1.29 is 46.5 Å². The highest BCUT2D eigenvalue weighted by Gasteiger charge is 2.35. The molecule has 0 bridgehead atoms. The number of hydrogen-bond acceptors (Lipinski definition) is 7. The first-order chi connectivity index (χ1) is 19.3. The number of anilines is 1. The van der Waals surface area contributed by atoms with E-state index in [1.165, 1.54) is 18.2 Å². The molecule has 0 aliphatic carbocycles. The summed E-state index contributed by atoms with van der Waals surface area (Å²) in [4.78, 5) is 40.9. The van der Waals surface area contributed by atoms with E-state index in [2.05, 4.69) is 0 Å². The fraction of sp³-hybridized carbons (Fsp3) is 0.483. The number of cyclic esters (lactones) is 1. The largest absolute Gasteiger partial charge is 0.484 e. The predicted molar refractivity (Wildman–Crippen MR) is 142 cm³/mol. The van der Waals surface area contributed by atoms with Crippen LogP contribution in [0.4, 0.5) is 23.7 Å². The Bertz CT molecular complexity index is 1270. The maximum absolute atomic E-state index is 13.1. The van der Waals surface area contributed by atoms with E-state index in [0.717, 1.165) is 11.3 Å². The molecule has 1 fully saturated rings. The van der Waals surface area contributed by atoms with Crippen molar-refractivity contribution in [2.75, 3.05) is 31.2 Å². The van der Waals surface area contributed by atoms with Gasteiger partial charge in [-0.15, -0.1) is 0 Å². The molecule has 0 saturated carbocycles. The molecular formula is C29H33F3N2O7. The minimum absolute atomic E-state index is 0.0961. The zero-order valence-corrected chi connectivity index (χ0v) is 23.2. The number of likely N-dealkylation sites (tertiary alicyclic amines) is 1. The SMILES string of the molecule is CC(C)(C)OC(=O)COc1ccc(CC(=O)N2CCC(N3C(=O)OCc4ccccc43)CC2)c(OCC(F)(F)F)c1. The van der Waals surface area contributed by atoms with Gasteiger partial charge in [0.05, 0.1) is 12.1 Å².